The van der Waals surface area contributed by atoms with Gasteiger partial charge in [0.1, 0.15) is 6.26 Å². The molecular formula is C17H28N2O5. The van der Waals surface area contributed by atoms with Crippen LogP contribution in [0, 0.1) is 0 Å². The molecule has 7 heteroatoms. The van der Waals surface area contributed by atoms with E-state index in [1.54, 1.807) is 12.0 Å². The third-order valence-corrected chi connectivity index (χ3v) is 3.68. The highest BCUT2D eigenvalue weighted by atomic mass is 16.5. The fourth-order valence-corrected chi connectivity index (χ4v) is 2.28. The van der Waals surface area contributed by atoms with Crippen molar-refractivity contribution in [2.24, 2.45) is 0 Å². The average Bonchev–Trinajstić information content (AvgIpc) is 3.06. The van der Waals surface area contributed by atoms with Crippen molar-refractivity contribution in [3.05, 3.63) is 17.8 Å². The lowest BCUT2D eigenvalue weighted by Crippen LogP contribution is -2.33. The van der Waals surface area contributed by atoms with Crippen molar-refractivity contribution in [3.63, 3.8) is 0 Å². The molecule has 7 nitrogen and oxygen atoms in total. The maximum absolute atomic E-state index is 12.4. The van der Waals surface area contributed by atoms with E-state index < -0.39 is 5.97 Å². The standard InChI is InChI=1S/C17H28N2O5/c1-4-5-6-7-8-9-16(20)19(10-11-22-2)12-15-18-14(13-24-15)17(21)23-3/h13H,4-12H2,1-3H3. The van der Waals surface area contributed by atoms with Gasteiger partial charge in [0.05, 0.1) is 20.3 Å². The summed E-state index contributed by atoms with van der Waals surface area (Å²) in [4.78, 5) is 29.5. The fraction of sp³-hybridized carbons (Fsp3) is 0.706. The summed E-state index contributed by atoms with van der Waals surface area (Å²) >= 11 is 0. The molecule has 0 atom stereocenters. The number of carbonyl (C=O) groups is 2. The molecule has 1 rings (SSSR count). The van der Waals surface area contributed by atoms with Crippen molar-refractivity contribution >= 4 is 11.9 Å². The van der Waals surface area contributed by atoms with E-state index in [0.717, 1.165) is 19.3 Å². The number of methoxy groups -OCH3 is 2. The summed E-state index contributed by atoms with van der Waals surface area (Å²) in [5.41, 5.74) is 0.103. The Morgan fingerprint density at radius 2 is 1.96 bits per heavy atom. The molecule has 1 aromatic rings. The van der Waals surface area contributed by atoms with E-state index >= 15 is 0 Å². The summed E-state index contributed by atoms with van der Waals surface area (Å²) < 4.78 is 14.9. The van der Waals surface area contributed by atoms with E-state index in [4.69, 9.17) is 9.15 Å². The lowest BCUT2D eigenvalue weighted by atomic mass is 10.1. The van der Waals surface area contributed by atoms with Gasteiger partial charge in [-0.1, -0.05) is 32.6 Å². The molecule has 1 amide bonds. The summed E-state index contributed by atoms with van der Waals surface area (Å²) in [5, 5.41) is 0. The first kappa shape index (κ1) is 20.2. The molecule has 0 spiro atoms. The average molecular weight is 340 g/mol. The van der Waals surface area contributed by atoms with Gasteiger partial charge in [-0.15, -0.1) is 0 Å². The van der Waals surface area contributed by atoms with Gasteiger partial charge in [-0.3, -0.25) is 4.79 Å². The summed E-state index contributed by atoms with van der Waals surface area (Å²) in [5.74, 6) is -0.206. The van der Waals surface area contributed by atoms with Crippen LogP contribution >= 0.6 is 0 Å². The van der Waals surface area contributed by atoms with Gasteiger partial charge in [0.2, 0.25) is 11.8 Å². The first-order chi connectivity index (χ1) is 11.6. The third kappa shape index (κ3) is 7.12. The van der Waals surface area contributed by atoms with Crippen LogP contribution in [0.4, 0.5) is 0 Å². The maximum Gasteiger partial charge on any atom is 0.360 e. The van der Waals surface area contributed by atoms with Crippen LogP contribution in [-0.4, -0.2) is 49.1 Å². The van der Waals surface area contributed by atoms with Crippen LogP contribution in [0.3, 0.4) is 0 Å². The van der Waals surface area contributed by atoms with E-state index in [2.05, 4.69) is 16.6 Å². The second kappa shape index (κ2) is 11.6. The highest BCUT2D eigenvalue weighted by Gasteiger charge is 2.18. The predicted octanol–water partition coefficient (Wildman–Crippen LogP) is 2.80. The van der Waals surface area contributed by atoms with Crippen molar-refractivity contribution in [2.45, 2.75) is 52.0 Å². The highest BCUT2D eigenvalue weighted by molar-refractivity contribution is 5.86. The molecule has 0 fully saturated rings. The van der Waals surface area contributed by atoms with Crippen LogP contribution in [0.25, 0.3) is 0 Å². The molecule has 0 radical (unpaired) electrons. The number of ether oxygens (including phenoxy) is 2. The van der Waals surface area contributed by atoms with Crippen LogP contribution in [0.2, 0.25) is 0 Å². The first-order valence-corrected chi connectivity index (χ1v) is 8.41. The number of amides is 1. The van der Waals surface area contributed by atoms with Crippen molar-refractivity contribution in [2.75, 3.05) is 27.4 Å². The molecule has 0 unspecified atom stereocenters. The molecule has 0 aromatic carbocycles. The van der Waals surface area contributed by atoms with E-state index in [1.807, 2.05) is 0 Å². The summed E-state index contributed by atoms with van der Waals surface area (Å²) in [6, 6.07) is 0. The zero-order chi connectivity index (χ0) is 17.8. The van der Waals surface area contributed by atoms with Crippen molar-refractivity contribution in [1.29, 1.82) is 0 Å². The minimum atomic E-state index is -0.560. The minimum Gasteiger partial charge on any atom is -0.464 e. The Morgan fingerprint density at radius 3 is 2.62 bits per heavy atom. The highest BCUT2D eigenvalue weighted by Crippen LogP contribution is 2.11. The Balaban J connectivity index is 2.55. The molecular weight excluding hydrogens is 312 g/mol. The number of oxazole rings is 1. The van der Waals surface area contributed by atoms with E-state index in [1.165, 1.54) is 26.2 Å². The van der Waals surface area contributed by atoms with E-state index in [9.17, 15) is 9.59 Å². The Labute approximate surface area is 143 Å². The summed E-state index contributed by atoms with van der Waals surface area (Å²) in [6.45, 7) is 3.27. The quantitative estimate of drug-likeness (QED) is 0.430. The van der Waals surface area contributed by atoms with Crippen LogP contribution in [0.5, 0.6) is 0 Å². The number of unbranched alkanes of at least 4 members (excludes halogenated alkanes) is 4. The molecule has 1 heterocycles. The molecule has 0 N–H and O–H groups in total. The molecule has 0 aliphatic carbocycles. The number of hydrogen-bond acceptors (Lipinski definition) is 6. The molecule has 136 valence electrons. The van der Waals surface area contributed by atoms with Gasteiger partial charge in [-0.2, -0.15) is 0 Å². The maximum atomic E-state index is 12.4. The predicted molar refractivity (Wildman–Crippen MR) is 88.5 cm³/mol. The van der Waals surface area contributed by atoms with Crippen LogP contribution in [0.15, 0.2) is 10.7 Å². The smallest absolute Gasteiger partial charge is 0.360 e. The summed E-state index contributed by atoms with van der Waals surface area (Å²) in [7, 11) is 2.87. The monoisotopic (exact) mass is 340 g/mol. The largest absolute Gasteiger partial charge is 0.464 e. The zero-order valence-electron chi connectivity index (χ0n) is 14.9. The Bertz CT molecular complexity index is 501. The van der Waals surface area contributed by atoms with Crippen LogP contribution < -0.4 is 0 Å². The molecule has 0 saturated heterocycles. The van der Waals surface area contributed by atoms with Gasteiger partial charge < -0.3 is 18.8 Å². The molecule has 24 heavy (non-hydrogen) atoms. The molecule has 0 aliphatic rings. The van der Waals surface area contributed by atoms with Crippen LogP contribution in [-0.2, 0) is 20.8 Å². The number of carbonyl (C=O) groups excluding carboxylic acids is 2. The van der Waals surface area contributed by atoms with Crippen molar-refractivity contribution in [1.82, 2.24) is 9.88 Å². The normalized spacial score (nSPS) is 10.6. The number of esters is 1. The topological polar surface area (TPSA) is 81.9 Å². The first-order valence-electron chi connectivity index (χ1n) is 8.41. The van der Waals surface area contributed by atoms with E-state index in [0.29, 0.717) is 25.5 Å². The van der Waals surface area contributed by atoms with Gasteiger partial charge in [0.15, 0.2) is 5.69 Å². The molecule has 0 aliphatic heterocycles. The second-order valence-corrected chi connectivity index (χ2v) is 5.59. The van der Waals surface area contributed by atoms with Crippen molar-refractivity contribution < 1.29 is 23.5 Å². The van der Waals surface area contributed by atoms with Gasteiger partial charge in [0.25, 0.3) is 0 Å². The molecule has 0 bridgehead atoms. The fourth-order valence-electron chi connectivity index (χ4n) is 2.28. The number of aromatic nitrogens is 1. The number of hydrogen-bond donors (Lipinski definition) is 0. The number of rotatable bonds is 12. The van der Waals surface area contributed by atoms with Gasteiger partial charge in [0, 0.05) is 20.1 Å². The second-order valence-electron chi connectivity index (χ2n) is 5.59. The van der Waals surface area contributed by atoms with Crippen LogP contribution in [0.1, 0.15) is 61.8 Å². The third-order valence-electron chi connectivity index (χ3n) is 3.68. The zero-order valence-corrected chi connectivity index (χ0v) is 14.9. The van der Waals surface area contributed by atoms with E-state index in [-0.39, 0.29) is 18.1 Å². The van der Waals surface area contributed by atoms with Gasteiger partial charge in [-0.05, 0) is 6.42 Å². The minimum absolute atomic E-state index is 0.0429. The Kier molecular flexibility index (Phi) is 9.76. The SMILES string of the molecule is CCCCCCCC(=O)N(CCOC)Cc1nc(C(=O)OC)co1. The van der Waals surface area contributed by atoms with Gasteiger partial charge in [-0.25, -0.2) is 9.78 Å². The lowest BCUT2D eigenvalue weighted by Gasteiger charge is -2.20. The van der Waals surface area contributed by atoms with Crippen molar-refractivity contribution in [3.8, 4) is 0 Å². The van der Waals surface area contributed by atoms with Gasteiger partial charge >= 0.3 is 5.97 Å². The number of nitrogens with zero attached hydrogens (tertiary/aromatic N) is 2. The molecule has 0 saturated carbocycles. The molecule has 1 aromatic heterocycles. The Hall–Kier alpha value is -1.89. The Morgan fingerprint density at radius 1 is 1.21 bits per heavy atom. The lowest BCUT2D eigenvalue weighted by molar-refractivity contribution is -0.132. The summed E-state index contributed by atoms with van der Waals surface area (Å²) in [6.07, 6.45) is 7.21.